The second-order valence-electron chi connectivity index (χ2n) is 5.79. The summed E-state index contributed by atoms with van der Waals surface area (Å²) in [5.74, 6) is 0.776. The van der Waals surface area contributed by atoms with E-state index in [0.717, 1.165) is 17.7 Å². The van der Waals surface area contributed by atoms with Crippen molar-refractivity contribution in [1.29, 1.82) is 0 Å². The highest BCUT2D eigenvalue weighted by Crippen LogP contribution is 2.30. The molecule has 2 aliphatic rings. The van der Waals surface area contributed by atoms with Crippen LogP contribution in [-0.4, -0.2) is 48.5 Å². The van der Waals surface area contributed by atoms with Gasteiger partial charge in [-0.05, 0) is 36.2 Å². The van der Waals surface area contributed by atoms with E-state index in [1.54, 1.807) is 36.7 Å². The van der Waals surface area contributed by atoms with Crippen molar-refractivity contribution in [3.05, 3.63) is 42.2 Å². The lowest BCUT2D eigenvalue weighted by atomic mass is 10.2. The van der Waals surface area contributed by atoms with Crippen LogP contribution in [0.3, 0.4) is 0 Å². The number of hydrogen-bond acceptors (Lipinski definition) is 6. The lowest BCUT2D eigenvalue weighted by Gasteiger charge is -2.17. The molecule has 1 aromatic carbocycles. The zero-order valence-electron chi connectivity index (χ0n) is 13.0. The number of ether oxygens (including phenoxy) is 2. The molecule has 0 N–H and O–H groups in total. The predicted molar refractivity (Wildman–Crippen MR) is 85.5 cm³/mol. The fourth-order valence-corrected chi connectivity index (χ4v) is 4.52. The normalized spacial score (nSPS) is 20.6. The third kappa shape index (κ3) is 2.83. The topological polar surface area (TPSA) is 81.6 Å². The third-order valence-electron chi connectivity index (χ3n) is 4.22. The van der Waals surface area contributed by atoms with E-state index in [0.29, 0.717) is 31.0 Å². The minimum absolute atomic E-state index is 0.236. The number of aromatic nitrogens is 2. The van der Waals surface area contributed by atoms with Crippen LogP contribution in [-0.2, 0) is 16.4 Å². The van der Waals surface area contributed by atoms with Crippen LogP contribution >= 0.6 is 0 Å². The number of rotatable bonds is 4. The van der Waals surface area contributed by atoms with Gasteiger partial charge < -0.3 is 9.47 Å². The summed E-state index contributed by atoms with van der Waals surface area (Å²) in [5, 5.41) is 0. The highest BCUT2D eigenvalue weighted by molar-refractivity contribution is 7.89. The van der Waals surface area contributed by atoms with E-state index >= 15 is 0 Å². The van der Waals surface area contributed by atoms with Gasteiger partial charge in [0.25, 0.3) is 0 Å². The summed E-state index contributed by atoms with van der Waals surface area (Å²) < 4.78 is 38.2. The van der Waals surface area contributed by atoms with Crippen LogP contribution in [0.2, 0.25) is 0 Å². The van der Waals surface area contributed by atoms with Crippen molar-refractivity contribution in [2.45, 2.75) is 23.8 Å². The van der Waals surface area contributed by atoms with E-state index in [2.05, 4.69) is 9.97 Å². The van der Waals surface area contributed by atoms with Crippen molar-refractivity contribution in [1.82, 2.24) is 14.3 Å². The van der Waals surface area contributed by atoms with Crippen molar-refractivity contribution >= 4 is 10.0 Å². The van der Waals surface area contributed by atoms with Crippen LogP contribution in [0.5, 0.6) is 11.8 Å². The van der Waals surface area contributed by atoms with E-state index in [-0.39, 0.29) is 12.1 Å². The molecule has 0 spiro atoms. The lowest BCUT2D eigenvalue weighted by molar-refractivity contribution is 0.197. The summed E-state index contributed by atoms with van der Waals surface area (Å²) in [6.45, 7) is 1.33. The van der Waals surface area contributed by atoms with Gasteiger partial charge in [-0.25, -0.2) is 18.4 Å². The Kier molecular flexibility index (Phi) is 3.85. The zero-order chi connectivity index (χ0) is 16.6. The monoisotopic (exact) mass is 347 g/mol. The largest absolute Gasteiger partial charge is 0.493 e. The van der Waals surface area contributed by atoms with Crippen LogP contribution < -0.4 is 9.47 Å². The molecular formula is C16H17N3O4S. The Morgan fingerprint density at radius 1 is 1.25 bits per heavy atom. The SMILES string of the molecule is O=S(=O)(c1ccc2c(c1)CCO2)N1CC[C@@H](Oc2ncccn2)C1. The third-order valence-corrected chi connectivity index (χ3v) is 6.08. The molecule has 0 bridgehead atoms. The predicted octanol–water partition coefficient (Wildman–Crippen LogP) is 1.25. The van der Waals surface area contributed by atoms with E-state index in [1.165, 1.54) is 4.31 Å². The Bertz CT molecular complexity index is 842. The number of fused-ring (bicyclic) bond motifs is 1. The Labute approximate surface area is 140 Å². The van der Waals surface area contributed by atoms with Gasteiger partial charge in [0.1, 0.15) is 11.9 Å². The molecule has 3 heterocycles. The van der Waals surface area contributed by atoms with Crippen LogP contribution in [0.4, 0.5) is 0 Å². The minimum atomic E-state index is -3.53. The average Bonchev–Trinajstić information content (AvgIpc) is 3.24. The second-order valence-corrected chi connectivity index (χ2v) is 7.73. The summed E-state index contributed by atoms with van der Waals surface area (Å²) >= 11 is 0. The molecule has 1 atom stereocenters. The summed E-state index contributed by atoms with van der Waals surface area (Å²) in [6, 6.07) is 7.03. The second kappa shape index (κ2) is 6.03. The van der Waals surface area contributed by atoms with Crippen molar-refractivity contribution < 1.29 is 17.9 Å². The molecule has 0 amide bonds. The molecule has 1 fully saturated rings. The van der Waals surface area contributed by atoms with Gasteiger partial charge in [0, 0.05) is 25.4 Å². The maximum Gasteiger partial charge on any atom is 0.316 e. The number of hydrogen-bond donors (Lipinski definition) is 0. The van der Waals surface area contributed by atoms with E-state index in [9.17, 15) is 8.42 Å². The van der Waals surface area contributed by atoms with Crippen LogP contribution in [0, 0.1) is 0 Å². The highest BCUT2D eigenvalue weighted by atomic mass is 32.2. The van der Waals surface area contributed by atoms with Gasteiger partial charge in [-0.3, -0.25) is 0 Å². The summed E-state index contributed by atoms with van der Waals surface area (Å²) in [5.41, 5.74) is 0.945. The molecule has 0 unspecified atom stereocenters. The average molecular weight is 347 g/mol. The molecule has 4 rings (SSSR count). The molecule has 24 heavy (non-hydrogen) atoms. The van der Waals surface area contributed by atoms with Gasteiger partial charge in [0.05, 0.1) is 18.0 Å². The zero-order valence-corrected chi connectivity index (χ0v) is 13.8. The smallest absolute Gasteiger partial charge is 0.316 e. The van der Waals surface area contributed by atoms with Gasteiger partial charge in [0.15, 0.2) is 0 Å². The highest BCUT2D eigenvalue weighted by Gasteiger charge is 2.34. The number of benzene rings is 1. The van der Waals surface area contributed by atoms with Crippen molar-refractivity contribution in [2.75, 3.05) is 19.7 Å². The molecule has 7 nitrogen and oxygen atoms in total. The fraction of sp³-hybridized carbons (Fsp3) is 0.375. The van der Waals surface area contributed by atoms with Gasteiger partial charge in [-0.15, -0.1) is 0 Å². The van der Waals surface area contributed by atoms with Gasteiger partial charge in [0.2, 0.25) is 10.0 Å². The molecule has 8 heteroatoms. The molecular weight excluding hydrogens is 330 g/mol. The Morgan fingerprint density at radius 2 is 2.08 bits per heavy atom. The fourth-order valence-electron chi connectivity index (χ4n) is 2.98. The van der Waals surface area contributed by atoms with Gasteiger partial charge in [-0.1, -0.05) is 0 Å². The van der Waals surface area contributed by atoms with E-state index in [1.807, 2.05) is 0 Å². The van der Waals surface area contributed by atoms with E-state index < -0.39 is 10.0 Å². The molecule has 0 saturated carbocycles. The van der Waals surface area contributed by atoms with Crippen molar-refractivity contribution in [3.63, 3.8) is 0 Å². The first-order valence-corrected chi connectivity index (χ1v) is 9.26. The Balaban J connectivity index is 1.49. The Morgan fingerprint density at radius 3 is 2.92 bits per heavy atom. The molecule has 0 aliphatic carbocycles. The van der Waals surface area contributed by atoms with Crippen molar-refractivity contribution in [3.8, 4) is 11.8 Å². The molecule has 0 radical (unpaired) electrons. The van der Waals surface area contributed by atoms with Crippen LogP contribution in [0.15, 0.2) is 41.6 Å². The molecule has 2 aliphatic heterocycles. The van der Waals surface area contributed by atoms with Gasteiger partial charge >= 0.3 is 6.01 Å². The standard InChI is InChI=1S/C16H17N3O4S/c20-24(21,14-2-3-15-12(10-14)5-9-22-15)19-8-4-13(11-19)23-16-17-6-1-7-18-16/h1-3,6-7,10,13H,4-5,8-9,11H2/t13-/m1/s1. The summed E-state index contributed by atoms with van der Waals surface area (Å²) in [6.07, 6.45) is 4.32. The van der Waals surface area contributed by atoms with Crippen LogP contribution in [0.25, 0.3) is 0 Å². The summed E-state index contributed by atoms with van der Waals surface area (Å²) in [7, 11) is -3.53. The quantitative estimate of drug-likeness (QED) is 0.828. The van der Waals surface area contributed by atoms with Crippen LogP contribution in [0.1, 0.15) is 12.0 Å². The molecule has 126 valence electrons. The molecule has 2 aromatic rings. The first-order valence-electron chi connectivity index (χ1n) is 7.82. The number of nitrogens with zero attached hydrogens (tertiary/aromatic N) is 3. The summed E-state index contributed by atoms with van der Waals surface area (Å²) in [4.78, 5) is 8.33. The molecule has 1 saturated heterocycles. The first kappa shape index (κ1) is 15.3. The van der Waals surface area contributed by atoms with Crippen molar-refractivity contribution in [2.24, 2.45) is 0 Å². The van der Waals surface area contributed by atoms with Gasteiger partial charge in [-0.2, -0.15) is 4.31 Å². The maximum atomic E-state index is 12.8. The molecule has 1 aromatic heterocycles. The first-order chi connectivity index (χ1) is 11.6. The Hall–Kier alpha value is -2.19. The lowest BCUT2D eigenvalue weighted by Crippen LogP contribution is -2.31. The minimum Gasteiger partial charge on any atom is -0.493 e. The maximum absolute atomic E-state index is 12.8. The van der Waals surface area contributed by atoms with E-state index in [4.69, 9.17) is 9.47 Å². The number of sulfonamides is 1.